The van der Waals surface area contributed by atoms with E-state index in [9.17, 15) is 27.9 Å². The molecule has 3 unspecified atom stereocenters. The van der Waals surface area contributed by atoms with E-state index in [2.05, 4.69) is 26.1 Å². The van der Waals surface area contributed by atoms with Crippen molar-refractivity contribution in [1.29, 1.82) is 0 Å². The smallest absolute Gasteiger partial charge is 0.449 e. The second kappa shape index (κ2) is 18.7. The summed E-state index contributed by atoms with van der Waals surface area (Å²) >= 11 is 0. The number of piperazine rings is 1. The molecule has 0 aliphatic carbocycles. The van der Waals surface area contributed by atoms with E-state index in [1.807, 2.05) is 33.0 Å². The van der Waals surface area contributed by atoms with Crippen molar-refractivity contribution >= 4 is 39.7 Å². The average Bonchev–Trinajstić information content (AvgIpc) is 3.80. The second-order valence-corrected chi connectivity index (χ2v) is 16.1. The van der Waals surface area contributed by atoms with Crippen LogP contribution in [0.15, 0.2) is 24.3 Å². The minimum absolute atomic E-state index is 0.00689. The van der Waals surface area contributed by atoms with Crippen molar-refractivity contribution in [1.82, 2.24) is 30.1 Å². The highest BCUT2D eigenvalue weighted by Crippen LogP contribution is 2.45. The van der Waals surface area contributed by atoms with Crippen molar-refractivity contribution in [2.75, 3.05) is 66.0 Å². The van der Waals surface area contributed by atoms with Crippen molar-refractivity contribution in [3.8, 4) is 41.2 Å². The molecule has 7 rings (SSSR count). The molecular formula is C43H50F5N7O6. The van der Waals surface area contributed by atoms with Gasteiger partial charge in [0.15, 0.2) is 5.82 Å². The molecule has 18 heteroatoms. The van der Waals surface area contributed by atoms with Crippen LogP contribution in [0.25, 0.3) is 32.9 Å². The predicted molar refractivity (Wildman–Crippen MR) is 219 cm³/mol. The summed E-state index contributed by atoms with van der Waals surface area (Å²) in [7, 11) is 7.31. The zero-order valence-corrected chi connectivity index (χ0v) is 34.7. The van der Waals surface area contributed by atoms with E-state index < -0.39 is 41.6 Å². The molecule has 0 amide bonds. The summed E-state index contributed by atoms with van der Waals surface area (Å²) in [5, 5.41) is 14.5. The molecule has 2 N–H and O–H groups in total. The lowest BCUT2D eigenvalue weighted by molar-refractivity contribution is -0.171. The first-order valence-corrected chi connectivity index (χ1v) is 20.1. The van der Waals surface area contributed by atoms with Crippen LogP contribution in [0, 0.1) is 24.0 Å². The molecule has 61 heavy (non-hydrogen) atoms. The average molecular weight is 856 g/mol. The molecule has 2 aromatic carbocycles. The van der Waals surface area contributed by atoms with Gasteiger partial charge in [-0.05, 0) is 89.8 Å². The van der Waals surface area contributed by atoms with Gasteiger partial charge in [-0.15, -0.1) is 6.42 Å². The maximum Gasteiger partial charge on any atom is 0.449 e. The fourth-order valence-corrected chi connectivity index (χ4v) is 8.70. The Hall–Kier alpha value is -5.38. The van der Waals surface area contributed by atoms with Crippen LogP contribution < -0.4 is 19.7 Å². The number of nitrogens with one attached hydrogen (secondary N) is 1. The molecule has 4 aromatic rings. The van der Waals surface area contributed by atoms with Gasteiger partial charge in [-0.2, -0.15) is 23.1 Å². The number of carbonyl (C=O) groups excluding carboxylic acids is 2. The summed E-state index contributed by atoms with van der Waals surface area (Å²) < 4.78 is 89.1. The van der Waals surface area contributed by atoms with Gasteiger partial charge in [0.2, 0.25) is 11.7 Å². The molecule has 0 spiro atoms. The topological polar surface area (TPSA) is 142 Å². The summed E-state index contributed by atoms with van der Waals surface area (Å²) in [5.74, 6) is -1.51. The first kappa shape index (κ1) is 45.2. The number of pyridine rings is 1. The van der Waals surface area contributed by atoms with E-state index in [1.54, 1.807) is 4.90 Å². The van der Waals surface area contributed by atoms with Crippen molar-refractivity contribution in [2.24, 2.45) is 0 Å². The Morgan fingerprint density at radius 2 is 1.85 bits per heavy atom. The lowest BCUT2D eigenvalue weighted by Crippen LogP contribution is -2.57. The van der Waals surface area contributed by atoms with Gasteiger partial charge >= 0.3 is 12.2 Å². The molecule has 0 saturated carbocycles. The number of fused-ring (bicyclic) bond motifs is 3. The third kappa shape index (κ3) is 9.58. The Bertz CT molecular complexity index is 2300. The van der Waals surface area contributed by atoms with Crippen LogP contribution in [0.4, 0.5) is 27.8 Å². The second-order valence-electron chi connectivity index (χ2n) is 16.1. The van der Waals surface area contributed by atoms with Crippen molar-refractivity contribution < 1.29 is 50.9 Å². The monoisotopic (exact) mass is 855 g/mol. The third-order valence-corrected chi connectivity index (χ3v) is 11.4. The van der Waals surface area contributed by atoms with E-state index in [0.29, 0.717) is 18.3 Å². The van der Waals surface area contributed by atoms with Crippen LogP contribution in [0.5, 0.6) is 17.6 Å². The number of phenols is 1. The van der Waals surface area contributed by atoms with E-state index in [0.717, 1.165) is 38.3 Å². The number of hydrogen-bond donors (Lipinski definition) is 2. The number of rotatable bonds is 13. The maximum atomic E-state index is 17.3. The molecule has 3 aliphatic heterocycles. The molecular weight excluding hydrogens is 806 g/mol. The van der Waals surface area contributed by atoms with Crippen molar-refractivity contribution in [3.63, 3.8) is 0 Å². The molecule has 0 radical (unpaired) electrons. The number of methoxy groups -OCH3 is 1. The number of Topliss-reactive ketones (excluding diaryl/α,β-unsaturated/α-hetero) is 1. The van der Waals surface area contributed by atoms with Gasteiger partial charge in [0.25, 0.3) is 6.47 Å². The highest BCUT2D eigenvalue weighted by Gasteiger charge is 2.50. The Kier molecular flexibility index (Phi) is 13.8. The number of nitrogens with zero attached hydrogens (tertiary/aromatic N) is 6. The molecule has 2 aromatic heterocycles. The fourth-order valence-electron chi connectivity index (χ4n) is 8.70. The van der Waals surface area contributed by atoms with Gasteiger partial charge < -0.3 is 34.4 Å². The van der Waals surface area contributed by atoms with E-state index in [4.69, 9.17) is 25.6 Å². The van der Waals surface area contributed by atoms with E-state index in [1.165, 1.54) is 25.3 Å². The number of terminal acetylenes is 1. The van der Waals surface area contributed by atoms with Crippen LogP contribution in [-0.4, -0.2) is 133 Å². The number of aromatic hydroxyl groups is 1. The third-order valence-electron chi connectivity index (χ3n) is 11.4. The van der Waals surface area contributed by atoms with E-state index >= 15 is 8.78 Å². The highest BCUT2D eigenvalue weighted by molar-refractivity contribution is 6.04. The molecule has 3 saturated heterocycles. The van der Waals surface area contributed by atoms with Gasteiger partial charge in [-0.25, -0.2) is 13.8 Å². The number of phenolic OH excluding ortho intramolecular Hbond substituents is 1. The van der Waals surface area contributed by atoms with Gasteiger partial charge in [0.1, 0.15) is 47.2 Å². The lowest BCUT2D eigenvalue weighted by Gasteiger charge is -2.40. The first-order chi connectivity index (χ1) is 29.0. The van der Waals surface area contributed by atoms with Crippen LogP contribution in [0.1, 0.15) is 57.4 Å². The molecule has 4 atom stereocenters. The first-order valence-electron chi connectivity index (χ1n) is 20.1. The summed E-state index contributed by atoms with van der Waals surface area (Å²) in [6.07, 6.45) is 3.61. The summed E-state index contributed by atoms with van der Waals surface area (Å²) in [4.78, 5) is 42.7. The molecule has 13 nitrogen and oxygen atoms in total. The van der Waals surface area contributed by atoms with Crippen LogP contribution in [0.2, 0.25) is 0 Å². The van der Waals surface area contributed by atoms with Crippen molar-refractivity contribution in [2.45, 2.75) is 81.7 Å². The molecule has 5 heterocycles. The number of ether oxygens (including phenoxy) is 3. The predicted octanol–water partition coefficient (Wildman–Crippen LogP) is 6.01. The normalized spacial score (nSPS) is 21.5. The van der Waals surface area contributed by atoms with Crippen molar-refractivity contribution in [3.05, 3.63) is 41.5 Å². The van der Waals surface area contributed by atoms with Crippen LogP contribution in [0.3, 0.4) is 0 Å². The number of aromatic nitrogens is 3. The minimum atomic E-state index is -4.97. The van der Waals surface area contributed by atoms with Gasteiger partial charge in [0, 0.05) is 48.6 Å². The Balaban J connectivity index is 0.00000149. The molecule has 3 aliphatic rings. The summed E-state index contributed by atoms with van der Waals surface area (Å²) in [5.41, 5.74) is -1.28. The molecule has 3 fully saturated rings. The number of benzene rings is 2. The number of carbonyl (C=O) groups is 2. The lowest BCUT2D eigenvalue weighted by atomic mass is 9.95. The maximum absolute atomic E-state index is 17.3. The Morgan fingerprint density at radius 1 is 1.11 bits per heavy atom. The highest BCUT2D eigenvalue weighted by atomic mass is 19.4. The summed E-state index contributed by atoms with van der Waals surface area (Å²) in [6, 6.07) is 4.07. The van der Waals surface area contributed by atoms with Crippen LogP contribution >= 0.6 is 0 Å². The Morgan fingerprint density at radius 3 is 2.52 bits per heavy atom. The quantitative estimate of drug-likeness (QED) is 0.0922. The summed E-state index contributed by atoms with van der Waals surface area (Å²) in [6.45, 7) is 3.80. The molecule has 328 valence electrons. The standard InChI is InChI=1S/C40H41F5N6O6.C3H9N/c1-4-23-17-50(18-24(46-23)8-10-30(54)40(43,44)45)36-32-35(48-38(49-36)57-20-39-12-6-14-51(39)25(11-13-39)19-56-21-52)33(42)34(47-37(32)55-3)28-16-26(53)15-22-7-9-29(41)27(5-2)31(22)28;1-4(2)3/h2,7,9,15-16,21,23-25,46,53H,4,6,8,10-14,17-20H2,1,3H3;1-3H3/t23?,24?,25?,39-;/m0./s1. The number of alkyl halides is 3. The fraction of sp³-hybridized carbons (Fsp3) is 0.512. The van der Waals surface area contributed by atoms with E-state index in [-0.39, 0.29) is 101 Å². The molecule has 0 bridgehead atoms. The zero-order chi connectivity index (χ0) is 44.2. The number of ketones is 1. The minimum Gasteiger partial charge on any atom is -0.508 e. The van der Waals surface area contributed by atoms with Gasteiger partial charge in [-0.1, -0.05) is 18.9 Å². The van der Waals surface area contributed by atoms with Gasteiger partial charge in [-0.3, -0.25) is 14.5 Å². The number of hydrogen-bond acceptors (Lipinski definition) is 13. The number of halogens is 5. The zero-order valence-electron chi connectivity index (χ0n) is 34.7. The number of anilines is 1. The Labute approximate surface area is 350 Å². The van der Waals surface area contributed by atoms with Crippen LogP contribution in [-0.2, 0) is 14.3 Å². The van der Waals surface area contributed by atoms with Gasteiger partial charge in [0.05, 0.1) is 18.2 Å². The largest absolute Gasteiger partial charge is 0.508 e. The SMILES string of the molecule is C#Cc1c(F)ccc2cc(O)cc(-c3nc(OC)c4c(N5CC(CC)NC(CCC(=O)C(F)(F)F)C5)nc(OC[C@@]56CCCN5C(COC=O)CC6)nc4c3F)c12.CN(C)C.